The van der Waals surface area contributed by atoms with Crippen LogP contribution in [0.15, 0.2) is 47.6 Å². The zero-order valence-corrected chi connectivity index (χ0v) is 23.4. The van der Waals surface area contributed by atoms with E-state index >= 15 is 0 Å². The largest absolute Gasteiger partial charge is 0.508 e. The number of carbonyl (C=O) groups excluding carboxylic acids is 1. The number of rotatable bonds is 3. The number of amides is 1. The molecule has 1 aliphatic heterocycles. The summed E-state index contributed by atoms with van der Waals surface area (Å²) in [4.78, 5) is 12.8. The number of nitrogens with one attached hydrogen (secondary N) is 2. The van der Waals surface area contributed by atoms with Gasteiger partial charge >= 0.3 is 0 Å². The number of benzene rings is 1. The van der Waals surface area contributed by atoms with Crippen molar-refractivity contribution in [3.8, 4) is 11.5 Å². The summed E-state index contributed by atoms with van der Waals surface area (Å²) in [5.74, 6) is -0.722. The first-order chi connectivity index (χ1) is 17.9. The molecule has 0 saturated carbocycles. The molecule has 0 aromatic heterocycles. The molecule has 210 valence electrons. The molecule has 6 unspecified atom stereocenters. The molecule has 0 fully saturated rings. The van der Waals surface area contributed by atoms with Gasteiger partial charge in [-0.1, -0.05) is 45.1 Å². The average Bonchev–Trinajstić information content (AvgIpc) is 2.83. The van der Waals surface area contributed by atoms with Crippen LogP contribution < -0.4 is 11.1 Å². The monoisotopic (exact) mass is 529 g/mol. The fourth-order valence-corrected chi connectivity index (χ4v) is 4.98. The fourth-order valence-electron chi connectivity index (χ4n) is 4.98. The Morgan fingerprint density at radius 2 is 1.79 bits per heavy atom. The van der Waals surface area contributed by atoms with Crippen LogP contribution in [0.1, 0.15) is 46.6 Å². The van der Waals surface area contributed by atoms with Crippen LogP contribution in [0.2, 0.25) is 0 Å². The van der Waals surface area contributed by atoms with Gasteiger partial charge in [0.15, 0.2) is 0 Å². The van der Waals surface area contributed by atoms with Crippen LogP contribution in [-0.2, 0) is 25.4 Å². The number of phenolic OH excluding ortho intramolecular Hbond substituents is 2. The lowest BCUT2D eigenvalue weighted by Crippen LogP contribution is -2.37. The molecule has 1 amide bonds. The van der Waals surface area contributed by atoms with E-state index in [0.29, 0.717) is 24.0 Å². The first kappa shape index (κ1) is 30.9. The number of allylic oxidation sites excluding steroid dienone is 2. The van der Waals surface area contributed by atoms with Crippen LogP contribution in [0.3, 0.4) is 0 Å². The molecule has 38 heavy (non-hydrogen) atoms. The third-order valence-corrected chi connectivity index (χ3v) is 6.91. The second kappa shape index (κ2) is 14.0. The van der Waals surface area contributed by atoms with Crippen molar-refractivity contribution in [3.05, 3.63) is 53.1 Å². The quantitative estimate of drug-likeness (QED) is 0.126. The normalized spacial score (nSPS) is 31.3. The van der Waals surface area contributed by atoms with Crippen molar-refractivity contribution in [1.82, 2.24) is 0 Å². The number of amidine groups is 1. The molecule has 2 rings (SSSR count). The topological polar surface area (TPSA) is 147 Å². The van der Waals surface area contributed by atoms with Gasteiger partial charge in [-0.15, -0.1) is 0 Å². The number of hydrogen-bond acceptors (Lipinski definition) is 7. The number of fused-ring (bicyclic) bond motifs is 2. The minimum atomic E-state index is -0.491. The summed E-state index contributed by atoms with van der Waals surface area (Å²) in [5, 5.41) is 31.6. The van der Waals surface area contributed by atoms with Crippen LogP contribution in [0, 0.1) is 23.2 Å². The minimum Gasteiger partial charge on any atom is -0.508 e. The van der Waals surface area contributed by atoms with Gasteiger partial charge in [-0.2, -0.15) is 0 Å². The summed E-state index contributed by atoms with van der Waals surface area (Å²) in [6.07, 6.45) is 7.37. The van der Waals surface area contributed by atoms with E-state index in [1.54, 1.807) is 33.3 Å². The van der Waals surface area contributed by atoms with Crippen LogP contribution in [0.5, 0.6) is 11.5 Å². The predicted molar refractivity (Wildman–Crippen MR) is 149 cm³/mol. The van der Waals surface area contributed by atoms with E-state index < -0.39 is 12.0 Å². The summed E-state index contributed by atoms with van der Waals surface area (Å²) in [6, 6.07) is 2.46. The maximum Gasteiger partial charge on any atom is 0.279 e. The molecule has 2 bridgehead atoms. The van der Waals surface area contributed by atoms with Gasteiger partial charge in [-0.05, 0) is 49.8 Å². The van der Waals surface area contributed by atoms with Gasteiger partial charge in [0.25, 0.3) is 11.9 Å². The molecule has 9 nitrogen and oxygen atoms in total. The molecule has 0 spiro atoms. The van der Waals surface area contributed by atoms with Gasteiger partial charge in [0.2, 0.25) is 0 Å². The number of hydrogen-bond donors (Lipinski definition) is 5. The molecule has 6 atom stereocenters. The summed E-state index contributed by atoms with van der Waals surface area (Å²) in [7, 11) is 3.29. The van der Waals surface area contributed by atoms with Crippen LogP contribution >= 0.6 is 0 Å². The van der Waals surface area contributed by atoms with Gasteiger partial charge in [-0.25, -0.2) is 0 Å². The average molecular weight is 530 g/mol. The number of aromatic hydroxyl groups is 2. The zero-order valence-electron chi connectivity index (χ0n) is 23.4. The molecule has 0 saturated heterocycles. The summed E-state index contributed by atoms with van der Waals surface area (Å²) >= 11 is 0. The lowest BCUT2D eigenvalue weighted by atomic mass is 9.87. The number of nitrogens with two attached hydrogens (primary N) is 1. The number of phenols is 2. The zero-order chi connectivity index (χ0) is 28.6. The van der Waals surface area contributed by atoms with Gasteiger partial charge in [0.05, 0.1) is 17.9 Å². The number of anilines is 1. The Balaban J connectivity index is 2.58. The van der Waals surface area contributed by atoms with E-state index in [-0.39, 0.29) is 53.2 Å². The Labute approximate surface area is 225 Å². The Morgan fingerprint density at radius 3 is 2.39 bits per heavy atom. The number of methoxy groups -OCH3 is 2. The SMILES string of the molecule is COC1CC(C)Cc2cc(O)cc(c2O)NC(=O)/C(C)=C/C=C\C(C)C(OC(=N)N)/C(C)=C/C(C)C1OC. The second-order valence-electron chi connectivity index (χ2n) is 10.2. The highest BCUT2D eigenvalue weighted by molar-refractivity contribution is 6.04. The maximum atomic E-state index is 12.8. The van der Waals surface area contributed by atoms with E-state index in [1.165, 1.54) is 12.1 Å². The molecule has 1 aromatic carbocycles. The van der Waals surface area contributed by atoms with Crippen molar-refractivity contribution in [2.45, 2.75) is 65.8 Å². The summed E-state index contributed by atoms with van der Waals surface area (Å²) < 4.78 is 17.4. The second-order valence-corrected chi connectivity index (χ2v) is 10.2. The molecule has 1 aliphatic rings. The maximum absolute atomic E-state index is 12.8. The van der Waals surface area contributed by atoms with Crippen molar-refractivity contribution >= 4 is 17.6 Å². The predicted octanol–water partition coefficient (Wildman–Crippen LogP) is 4.65. The lowest BCUT2D eigenvalue weighted by molar-refractivity contribution is -0.112. The number of ether oxygens (including phenoxy) is 3. The van der Waals surface area contributed by atoms with Crippen molar-refractivity contribution in [1.29, 1.82) is 5.41 Å². The first-order valence-corrected chi connectivity index (χ1v) is 12.8. The van der Waals surface area contributed by atoms with Crippen molar-refractivity contribution in [3.63, 3.8) is 0 Å². The smallest absolute Gasteiger partial charge is 0.279 e. The third-order valence-electron chi connectivity index (χ3n) is 6.91. The van der Waals surface area contributed by atoms with E-state index in [2.05, 4.69) is 11.4 Å². The minimum absolute atomic E-state index is 0.0489. The van der Waals surface area contributed by atoms with Gasteiger partial charge in [-0.3, -0.25) is 10.2 Å². The third kappa shape index (κ3) is 8.36. The molecule has 1 aromatic rings. The van der Waals surface area contributed by atoms with Crippen molar-refractivity contribution in [2.75, 3.05) is 19.5 Å². The van der Waals surface area contributed by atoms with E-state index in [9.17, 15) is 15.0 Å². The summed E-state index contributed by atoms with van der Waals surface area (Å²) in [6.45, 7) is 9.61. The Kier molecular flexibility index (Phi) is 11.4. The molecule has 6 N–H and O–H groups in total. The van der Waals surface area contributed by atoms with Crippen LogP contribution in [-0.4, -0.2) is 54.7 Å². The Hall–Kier alpha value is -3.30. The van der Waals surface area contributed by atoms with Gasteiger partial charge in [0.1, 0.15) is 17.6 Å². The molecule has 1 heterocycles. The summed E-state index contributed by atoms with van der Waals surface area (Å²) in [5.41, 5.74) is 7.55. The van der Waals surface area contributed by atoms with Crippen LogP contribution in [0.25, 0.3) is 0 Å². The molecular formula is C29H43N3O6. The molecule has 0 radical (unpaired) electrons. The van der Waals surface area contributed by atoms with Crippen LogP contribution in [0.4, 0.5) is 5.69 Å². The van der Waals surface area contributed by atoms with Crippen molar-refractivity contribution < 1.29 is 29.2 Å². The van der Waals surface area contributed by atoms with E-state index in [4.69, 9.17) is 25.4 Å². The Bertz CT molecular complexity index is 1080. The Morgan fingerprint density at radius 1 is 1.11 bits per heavy atom. The van der Waals surface area contributed by atoms with E-state index in [0.717, 1.165) is 5.57 Å². The highest BCUT2D eigenvalue weighted by Gasteiger charge is 2.29. The molecular weight excluding hydrogens is 486 g/mol. The molecule has 0 aliphatic carbocycles. The molecule has 9 heteroatoms. The highest BCUT2D eigenvalue weighted by atomic mass is 16.5. The van der Waals surface area contributed by atoms with Gasteiger partial charge < -0.3 is 35.5 Å². The first-order valence-electron chi connectivity index (χ1n) is 12.8. The standard InChI is InChI=1S/C29H43N3O6/c1-16-11-21-14-22(33)15-23(25(21)34)32-28(35)18(3)10-8-9-17(2)26(38-29(30)31)19(4)13-20(5)27(37-7)24(12-16)36-6/h8-10,13-17,20,24,26-27,33-34H,11-12H2,1-7H3,(H3,30,31)(H,32,35)/b9-8-,18-10+,19-13+. The lowest BCUT2D eigenvalue weighted by Gasteiger charge is -2.31. The van der Waals surface area contributed by atoms with Crippen molar-refractivity contribution in [2.24, 2.45) is 23.5 Å². The van der Waals surface area contributed by atoms with Gasteiger partial charge in [0, 0.05) is 37.7 Å². The number of carbonyl (C=O) groups is 1. The fraction of sp³-hybridized carbons (Fsp3) is 0.517. The van der Waals surface area contributed by atoms with E-state index in [1.807, 2.05) is 33.8 Å². The highest BCUT2D eigenvalue weighted by Crippen LogP contribution is 2.35.